The van der Waals surface area contributed by atoms with E-state index < -0.39 is 5.60 Å². The predicted octanol–water partition coefficient (Wildman–Crippen LogP) is 3.16. The Kier molecular flexibility index (Phi) is 4.63. The fraction of sp³-hybridized carbons (Fsp3) is 1.00. The molecule has 1 saturated carbocycles. The molecule has 1 saturated heterocycles. The van der Waals surface area contributed by atoms with Gasteiger partial charge in [-0.1, -0.05) is 13.3 Å². The lowest BCUT2D eigenvalue weighted by Gasteiger charge is -2.50. The summed E-state index contributed by atoms with van der Waals surface area (Å²) in [6.07, 6.45) is 5.15. The maximum Gasteiger partial charge on any atom is 0.122 e. The number of hydrogen-bond acceptors (Lipinski definition) is 4. The van der Waals surface area contributed by atoms with Crippen LogP contribution in [0.3, 0.4) is 0 Å². The Balaban J connectivity index is 1.88. The van der Waals surface area contributed by atoms with Crippen LogP contribution in [0, 0.1) is 5.92 Å². The lowest BCUT2D eigenvalue weighted by Crippen LogP contribution is -2.57. The Bertz CT molecular complexity index is 282. The van der Waals surface area contributed by atoms with E-state index in [1.807, 2.05) is 18.7 Å². The summed E-state index contributed by atoms with van der Waals surface area (Å²) in [6, 6.07) is 0. The van der Waals surface area contributed by atoms with E-state index in [1.165, 1.54) is 18.6 Å². The lowest BCUT2D eigenvalue weighted by molar-refractivity contribution is -0.441. The van der Waals surface area contributed by atoms with Gasteiger partial charge in [-0.3, -0.25) is 0 Å². The quantitative estimate of drug-likeness (QED) is 0.617. The minimum absolute atomic E-state index is 0.148. The molecule has 0 spiro atoms. The zero-order chi connectivity index (χ0) is 13.2. The molecule has 3 nitrogen and oxygen atoms in total. The summed E-state index contributed by atoms with van der Waals surface area (Å²) in [5, 5.41) is 10.2. The molecular weight excluding hydrogens is 248 g/mol. The summed E-state index contributed by atoms with van der Waals surface area (Å²) in [7, 11) is 0. The monoisotopic (exact) mass is 274 g/mol. The summed E-state index contributed by atoms with van der Waals surface area (Å²) in [5.41, 5.74) is -0.890. The number of unbranched alkanes of at least 4 members (excludes halogenated alkanes) is 1. The first-order valence-electron chi connectivity index (χ1n) is 7.12. The van der Waals surface area contributed by atoms with Gasteiger partial charge in [0.15, 0.2) is 0 Å². The van der Waals surface area contributed by atoms with Crippen molar-refractivity contribution < 1.29 is 14.9 Å². The van der Waals surface area contributed by atoms with Crippen LogP contribution >= 0.6 is 11.8 Å². The number of fused-ring (bicyclic) bond motifs is 2. The lowest BCUT2D eigenvalue weighted by atomic mass is 9.71. The van der Waals surface area contributed by atoms with Crippen molar-refractivity contribution in [2.24, 2.45) is 5.92 Å². The molecule has 18 heavy (non-hydrogen) atoms. The molecule has 1 aliphatic carbocycles. The molecular formula is C14H26O3S. The third-order valence-corrected chi connectivity index (χ3v) is 5.79. The molecule has 0 aromatic rings. The highest BCUT2D eigenvalue weighted by Gasteiger charge is 2.51. The number of thioether (sulfide) groups is 1. The molecule has 2 fully saturated rings. The molecule has 1 aliphatic heterocycles. The van der Waals surface area contributed by atoms with E-state index in [-0.39, 0.29) is 11.7 Å². The Labute approximate surface area is 115 Å². The van der Waals surface area contributed by atoms with Gasteiger partial charge in [0.2, 0.25) is 0 Å². The second-order valence-corrected chi connectivity index (χ2v) is 7.32. The van der Waals surface area contributed by atoms with Crippen LogP contribution in [0.4, 0.5) is 0 Å². The van der Waals surface area contributed by atoms with Crippen LogP contribution < -0.4 is 0 Å². The summed E-state index contributed by atoms with van der Waals surface area (Å²) >= 11 is 1.96. The molecule has 0 amide bonds. The van der Waals surface area contributed by atoms with Crippen LogP contribution in [0.25, 0.3) is 0 Å². The molecule has 4 heteroatoms. The van der Waals surface area contributed by atoms with Crippen molar-refractivity contribution in [3.8, 4) is 0 Å². The third-order valence-electron chi connectivity index (χ3n) is 4.44. The maximum absolute atomic E-state index is 10.2. The van der Waals surface area contributed by atoms with Gasteiger partial charge in [0.25, 0.3) is 0 Å². The van der Waals surface area contributed by atoms with Crippen LogP contribution in [0.5, 0.6) is 0 Å². The van der Waals surface area contributed by atoms with E-state index in [9.17, 15) is 5.11 Å². The molecule has 1 unspecified atom stereocenters. The number of hydrogen-bond donors (Lipinski definition) is 1. The molecule has 0 aromatic carbocycles. The molecule has 106 valence electrons. The molecule has 2 rings (SSSR count). The standard InChI is InChI=1S/C14H26O3S/c1-4-5-8-18-10-14(3)11-6-7-13(2,15)12(9-11)16-17-14/h11-12,15H,4-10H2,1-3H3/t11-,12-,13-,14?/m1/s1. The van der Waals surface area contributed by atoms with E-state index in [2.05, 4.69) is 13.8 Å². The Morgan fingerprint density at radius 2 is 2.17 bits per heavy atom. The zero-order valence-corrected chi connectivity index (χ0v) is 12.6. The second kappa shape index (κ2) is 5.70. The van der Waals surface area contributed by atoms with Crippen molar-refractivity contribution in [1.82, 2.24) is 0 Å². The zero-order valence-electron chi connectivity index (χ0n) is 11.8. The molecule has 1 N–H and O–H groups in total. The summed E-state index contributed by atoms with van der Waals surface area (Å²) in [4.78, 5) is 11.1. The van der Waals surface area contributed by atoms with E-state index in [1.54, 1.807) is 0 Å². The third kappa shape index (κ3) is 3.03. The summed E-state index contributed by atoms with van der Waals surface area (Å²) < 4.78 is 0. The number of aliphatic hydroxyl groups is 1. The van der Waals surface area contributed by atoms with E-state index in [0.29, 0.717) is 5.92 Å². The first-order chi connectivity index (χ1) is 8.48. The van der Waals surface area contributed by atoms with Gasteiger partial charge in [0.05, 0.1) is 5.60 Å². The van der Waals surface area contributed by atoms with Gasteiger partial charge >= 0.3 is 0 Å². The Morgan fingerprint density at radius 3 is 2.89 bits per heavy atom. The summed E-state index contributed by atoms with van der Waals surface area (Å²) in [5.74, 6) is 2.71. The van der Waals surface area contributed by atoms with Gasteiger partial charge in [-0.25, -0.2) is 9.78 Å². The maximum atomic E-state index is 10.2. The average molecular weight is 274 g/mol. The van der Waals surface area contributed by atoms with Crippen molar-refractivity contribution in [2.75, 3.05) is 11.5 Å². The Hall–Kier alpha value is 0.230. The molecule has 2 aliphatic rings. The smallest absolute Gasteiger partial charge is 0.122 e. The first-order valence-corrected chi connectivity index (χ1v) is 8.28. The van der Waals surface area contributed by atoms with Gasteiger partial charge in [-0.2, -0.15) is 11.8 Å². The van der Waals surface area contributed by atoms with Crippen LogP contribution in [-0.2, 0) is 9.78 Å². The van der Waals surface area contributed by atoms with Crippen LogP contribution in [0.2, 0.25) is 0 Å². The normalized spacial score (nSPS) is 44.0. The van der Waals surface area contributed by atoms with E-state index in [0.717, 1.165) is 25.0 Å². The molecule has 0 aromatic heterocycles. The summed E-state index contributed by atoms with van der Waals surface area (Å²) in [6.45, 7) is 6.24. The van der Waals surface area contributed by atoms with Gasteiger partial charge in [-0.05, 0) is 51.2 Å². The molecule has 4 atom stereocenters. The average Bonchev–Trinajstić information content (AvgIpc) is 2.33. The highest BCUT2D eigenvalue weighted by molar-refractivity contribution is 7.99. The highest BCUT2D eigenvalue weighted by Crippen LogP contribution is 2.46. The van der Waals surface area contributed by atoms with Crippen molar-refractivity contribution in [2.45, 2.75) is 70.2 Å². The van der Waals surface area contributed by atoms with Gasteiger partial charge < -0.3 is 5.11 Å². The van der Waals surface area contributed by atoms with Crippen LogP contribution in [0.15, 0.2) is 0 Å². The second-order valence-electron chi connectivity index (χ2n) is 6.22. The van der Waals surface area contributed by atoms with Crippen molar-refractivity contribution >= 4 is 11.8 Å². The Morgan fingerprint density at radius 1 is 1.39 bits per heavy atom. The fourth-order valence-electron chi connectivity index (χ4n) is 2.85. The minimum atomic E-state index is -0.715. The SMILES string of the molecule is CCCCSCC1(C)OO[C@@H]2C[C@H]1CC[C@@]2(C)O. The first kappa shape index (κ1) is 14.6. The fourth-order valence-corrected chi connectivity index (χ4v) is 4.18. The van der Waals surface area contributed by atoms with Crippen molar-refractivity contribution in [3.05, 3.63) is 0 Å². The van der Waals surface area contributed by atoms with Crippen molar-refractivity contribution in [1.29, 1.82) is 0 Å². The van der Waals surface area contributed by atoms with Crippen molar-refractivity contribution in [3.63, 3.8) is 0 Å². The van der Waals surface area contributed by atoms with E-state index in [4.69, 9.17) is 9.78 Å². The van der Waals surface area contributed by atoms with Crippen LogP contribution in [-0.4, -0.2) is 33.9 Å². The molecule has 1 heterocycles. The van der Waals surface area contributed by atoms with Gasteiger partial charge in [0, 0.05) is 5.75 Å². The minimum Gasteiger partial charge on any atom is -0.387 e. The largest absolute Gasteiger partial charge is 0.387 e. The topological polar surface area (TPSA) is 38.7 Å². The van der Waals surface area contributed by atoms with Gasteiger partial charge in [-0.15, -0.1) is 0 Å². The molecule has 2 bridgehead atoms. The van der Waals surface area contributed by atoms with Crippen LogP contribution in [0.1, 0.15) is 52.9 Å². The van der Waals surface area contributed by atoms with E-state index >= 15 is 0 Å². The number of rotatable bonds is 5. The molecule has 0 radical (unpaired) electrons. The van der Waals surface area contributed by atoms with Gasteiger partial charge in [0.1, 0.15) is 11.7 Å². The highest BCUT2D eigenvalue weighted by atomic mass is 32.2. The predicted molar refractivity (Wildman–Crippen MR) is 74.6 cm³/mol.